The van der Waals surface area contributed by atoms with Crippen LogP contribution in [0.2, 0.25) is 5.02 Å². The Morgan fingerprint density at radius 3 is 2.57 bits per heavy atom. The highest BCUT2D eigenvalue weighted by molar-refractivity contribution is 8.18. The third-order valence-corrected chi connectivity index (χ3v) is 6.20. The Morgan fingerprint density at radius 1 is 1.06 bits per heavy atom. The summed E-state index contributed by atoms with van der Waals surface area (Å²) in [6, 6.07) is 16.8. The first kappa shape index (κ1) is 24.4. The first-order valence-corrected chi connectivity index (χ1v) is 11.5. The molecule has 3 amide bonds. The minimum atomic E-state index is -0.971. The number of anilines is 1. The molecule has 1 aliphatic heterocycles. The zero-order valence-electron chi connectivity index (χ0n) is 18.0. The van der Waals surface area contributed by atoms with Crippen LogP contribution in [0.3, 0.4) is 0 Å². The number of para-hydroxylation sites is 1. The molecule has 1 aliphatic rings. The maximum atomic E-state index is 13.8. The summed E-state index contributed by atoms with van der Waals surface area (Å²) in [6.07, 6.45) is 1.50. The zero-order chi connectivity index (χ0) is 24.9. The van der Waals surface area contributed by atoms with E-state index >= 15 is 0 Å². The van der Waals surface area contributed by atoms with Crippen LogP contribution in [0, 0.1) is 11.6 Å². The van der Waals surface area contributed by atoms with Crippen LogP contribution < -0.4 is 10.1 Å². The van der Waals surface area contributed by atoms with Gasteiger partial charge in [-0.3, -0.25) is 19.3 Å². The maximum Gasteiger partial charge on any atom is 0.294 e. The molecule has 35 heavy (non-hydrogen) atoms. The topological polar surface area (TPSA) is 75.7 Å². The Kier molecular flexibility index (Phi) is 7.48. The van der Waals surface area contributed by atoms with Gasteiger partial charge in [0.2, 0.25) is 5.91 Å². The van der Waals surface area contributed by atoms with Crippen molar-refractivity contribution in [3.8, 4) is 5.75 Å². The van der Waals surface area contributed by atoms with Crippen LogP contribution in [-0.2, 0) is 16.2 Å². The second-order valence-corrected chi connectivity index (χ2v) is 8.76. The van der Waals surface area contributed by atoms with E-state index in [0.717, 1.165) is 22.6 Å². The highest BCUT2D eigenvalue weighted by atomic mass is 35.5. The molecule has 0 aromatic heterocycles. The van der Waals surface area contributed by atoms with Crippen molar-refractivity contribution in [1.82, 2.24) is 4.90 Å². The molecule has 10 heteroatoms. The molecule has 6 nitrogen and oxygen atoms in total. The SMILES string of the molecule is O=C(CN1C(=O)S/C(=C/c2ccccc2OCc2ccccc2Cl)C1=O)Nc1ccc(F)cc1F. The number of nitrogens with zero attached hydrogens (tertiary/aromatic N) is 1. The van der Waals surface area contributed by atoms with Gasteiger partial charge in [0.05, 0.1) is 10.6 Å². The molecule has 0 aliphatic carbocycles. The van der Waals surface area contributed by atoms with Gasteiger partial charge < -0.3 is 10.1 Å². The normalized spacial score (nSPS) is 14.5. The summed E-state index contributed by atoms with van der Waals surface area (Å²) in [4.78, 5) is 38.3. The largest absolute Gasteiger partial charge is 0.488 e. The van der Waals surface area contributed by atoms with Crippen LogP contribution in [0.4, 0.5) is 19.3 Å². The molecule has 0 bridgehead atoms. The number of nitrogens with one attached hydrogen (secondary N) is 1. The lowest BCUT2D eigenvalue weighted by Crippen LogP contribution is -2.36. The van der Waals surface area contributed by atoms with E-state index in [9.17, 15) is 23.2 Å². The van der Waals surface area contributed by atoms with Crippen LogP contribution in [0.1, 0.15) is 11.1 Å². The van der Waals surface area contributed by atoms with Gasteiger partial charge in [-0.2, -0.15) is 0 Å². The third-order valence-electron chi connectivity index (χ3n) is 4.93. The average molecular weight is 515 g/mol. The second-order valence-electron chi connectivity index (χ2n) is 7.36. The van der Waals surface area contributed by atoms with Crippen molar-refractivity contribution in [3.63, 3.8) is 0 Å². The monoisotopic (exact) mass is 514 g/mol. The van der Waals surface area contributed by atoms with Gasteiger partial charge in [-0.1, -0.05) is 48.0 Å². The molecule has 1 fully saturated rings. The first-order valence-electron chi connectivity index (χ1n) is 10.3. The number of rotatable bonds is 7. The van der Waals surface area contributed by atoms with Crippen molar-refractivity contribution in [1.29, 1.82) is 0 Å². The Labute approximate surface area is 208 Å². The highest BCUT2D eigenvalue weighted by Crippen LogP contribution is 2.34. The van der Waals surface area contributed by atoms with E-state index in [4.69, 9.17) is 16.3 Å². The van der Waals surface area contributed by atoms with Crippen LogP contribution in [-0.4, -0.2) is 28.5 Å². The molecule has 1 saturated heterocycles. The Bertz CT molecular complexity index is 1350. The van der Waals surface area contributed by atoms with Crippen molar-refractivity contribution in [2.45, 2.75) is 6.61 Å². The lowest BCUT2D eigenvalue weighted by molar-refractivity contribution is -0.127. The summed E-state index contributed by atoms with van der Waals surface area (Å²) >= 11 is 6.85. The summed E-state index contributed by atoms with van der Waals surface area (Å²) < 4.78 is 32.7. The predicted molar refractivity (Wildman–Crippen MR) is 130 cm³/mol. The number of benzene rings is 3. The number of thioether (sulfide) groups is 1. The van der Waals surface area contributed by atoms with E-state index < -0.39 is 35.2 Å². The molecule has 0 atom stereocenters. The second kappa shape index (κ2) is 10.7. The zero-order valence-corrected chi connectivity index (χ0v) is 19.5. The van der Waals surface area contributed by atoms with Gasteiger partial charge in [-0.05, 0) is 42.1 Å². The summed E-state index contributed by atoms with van der Waals surface area (Å²) in [5, 5.41) is 2.14. The molecule has 4 rings (SSSR count). The molecule has 0 radical (unpaired) electrons. The van der Waals surface area contributed by atoms with Gasteiger partial charge in [-0.15, -0.1) is 0 Å². The first-order chi connectivity index (χ1) is 16.8. The number of amides is 3. The Morgan fingerprint density at radius 2 is 1.80 bits per heavy atom. The van der Waals surface area contributed by atoms with Gasteiger partial charge in [0.15, 0.2) is 0 Å². The van der Waals surface area contributed by atoms with E-state index in [1.165, 1.54) is 6.08 Å². The quantitative estimate of drug-likeness (QED) is 0.399. The van der Waals surface area contributed by atoms with Crippen LogP contribution in [0.5, 0.6) is 5.75 Å². The van der Waals surface area contributed by atoms with Crippen molar-refractivity contribution >= 4 is 52.2 Å². The minimum absolute atomic E-state index is 0.101. The van der Waals surface area contributed by atoms with Gasteiger partial charge >= 0.3 is 0 Å². The Balaban J connectivity index is 1.46. The van der Waals surface area contributed by atoms with Crippen molar-refractivity contribution < 1.29 is 27.9 Å². The number of hydrogen-bond acceptors (Lipinski definition) is 5. The minimum Gasteiger partial charge on any atom is -0.488 e. The van der Waals surface area contributed by atoms with E-state index in [1.54, 1.807) is 30.3 Å². The van der Waals surface area contributed by atoms with Crippen LogP contribution in [0.15, 0.2) is 71.6 Å². The third kappa shape index (κ3) is 5.87. The number of hydrogen-bond donors (Lipinski definition) is 1. The number of halogens is 3. The molecule has 0 unspecified atom stereocenters. The smallest absolute Gasteiger partial charge is 0.294 e. The molecule has 0 spiro atoms. The van der Waals surface area contributed by atoms with E-state index in [0.29, 0.717) is 34.2 Å². The fourth-order valence-corrected chi connectivity index (χ4v) is 4.22. The molecule has 3 aromatic carbocycles. The molecule has 1 heterocycles. The standard InChI is InChI=1S/C25H17ClF2N2O4S/c26-18-7-3-1-6-16(18)14-34-21-8-4-2-5-15(21)11-22-24(32)30(25(33)35-22)13-23(31)29-20-10-9-17(27)12-19(20)28/h1-12H,13-14H2,(H,29,31)/b22-11+. The average Bonchev–Trinajstić information content (AvgIpc) is 3.08. The molecule has 1 N–H and O–H groups in total. The summed E-state index contributed by atoms with van der Waals surface area (Å²) in [6.45, 7) is -0.421. The lowest BCUT2D eigenvalue weighted by Gasteiger charge is -2.13. The number of imide groups is 1. The fourth-order valence-electron chi connectivity index (χ4n) is 3.20. The summed E-state index contributed by atoms with van der Waals surface area (Å²) in [7, 11) is 0. The maximum absolute atomic E-state index is 13.8. The molecule has 178 valence electrons. The van der Waals surface area contributed by atoms with E-state index in [2.05, 4.69) is 5.32 Å². The van der Waals surface area contributed by atoms with Gasteiger partial charge in [0.1, 0.15) is 30.5 Å². The van der Waals surface area contributed by atoms with Crippen LogP contribution in [0.25, 0.3) is 6.08 Å². The Hall–Kier alpha value is -3.69. The number of carbonyl (C=O) groups is 3. The summed E-state index contributed by atoms with van der Waals surface area (Å²) in [5.74, 6) is -2.77. The van der Waals surface area contributed by atoms with Crippen molar-refractivity contribution in [2.24, 2.45) is 0 Å². The van der Waals surface area contributed by atoms with E-state index in [-0.39, 0.29) is 17.2 Å². The van der Waals surface area contributed by atoms with E-state index in [1.807, 2.05) is 18.2 Å². The van der Waals surface area contributed by atoms with Gasteiger partial charge in [0, 0.05) is 22.2 Å². The summed E-state index contributed by atoms with van der Waals surface area (Å²) in [5.41, 5.74) is 1.08. The fraction of sp³-hybridized carbons (Fsp3) is 0.0800. The lowest BCUT2D eigenvalue weighted by atomic mass is 10.1. The van der Waals surface area contributed by atoms with Crippen molar-refractivity contribution in [3.05, 3.63) is 99.4 Å². The number of ether oxygens (including phenoxy) is 1. The van der Waals surface area contributed by atoms with Crippen molar-refractivity contribution in [2.75, 3.05) is 11.9 Å². The van der Waals surface area contributed by atoms with Crippen LogP contribution >= 0.6 is 23.4 Å². The highest BCUT2D eigenvalue weighted by Gasteiger charge is 2.36. The molecule has 3 aromatic rings. The predicted octanol–water partition coefficient (Wildman–Crippen LogP) is 5.87. The number of carbonyl (C=O) groups excluding carboxylic acids is 3. The molecular formula is C25H17ClF2N2O4S. The molecular weight excluding hydrogens is 498 g/mol. The van der Waals surface area contributed by atoms with Gasteiger partial charge in [0.25, 0.3) is 11.1 Å². The van der Waals surface area contributed by atoms with Gasteiger partial charge in [-0.25, -0.2) is 8.78 Å². The molecule has 0 saturated carbocycles.